The van der Waals surface area contributed by atoms with Gasteiger partial charge in [-0.25, -0.2) is 0 Å². The molecule has 0 saturated carbocycles. The summed E-state index contributed by atoms with van der Waals surface area (Å²) in [7, 11) is 0. The number of nitrogens with one attached hydrogen (secondary N) is 2. The number of hydrogen-bond acceptors (Lipinski definition) is 3. The Bertz CT molecular complexity index is 726. The van der Waals surface area contributed by atoms with E-state index in [0.717, 1.165) is 17.7 Å². The zero-order chi connectivity index (χ0) is 16.8. The third-order valence-electron chi connectivity index (χ3n) is 3.56. The molecule has 2 amide bonds. The Morgan fingerprint density at radius 1 is 1.04 bits per heavy atom. The van der Waals surface area contributed by atoms with Crippen LogP contribution in [0, 0.1) is 13.8 Å². The molecule has 2 N–H and O–H groups in total. The van der Waals surface area contributed by atoms with E-state index in [0.29, 0.717) is 12.1 Å². The van der Waals surface area contributed by atoms with Gasteiger partial charge in [-0.1, -0.05) is 13.0 Å². The monoisotopic (exact) mass is 311 g/mol. The Balaban J connectivity index is 2.13. The molecule has 0 fully saturated rings. The summed E-state index contributed by atoms with van der Waals surface area (Å²) in [6.07, 6.45) is 2.31. The van der Waals surface area contributed by atoms with E-state index in [1.54, 1.807) is 6.07 Å². The lowest BCUT2D eigenvalue weighted by molar-refractivity contribution is 0.0948. The van der Waals surface area contributed by atoms with Crippen molar-refractivity contribution in [3.63, 3.8) is 0 Å². The second kappa shape index (κ2) is 7.54. The van der Waals surface area contributed by atoms with E-state index < -0.39 is 0 Å². The summed E-state index contributed by atoms with van der Waals surface area (Å²) in [4.78, 5) is 28.3. The van der Waals surface area contributed by atoms with Crippen molar-refractivity contribution >= 4 is 17.5 Å². The number of nitrogens with zero attached hydrogens (tertiary/aromatic N) is 1. The number of aromatic nitrogens is 1. The summed E-state index contributed by atoms with van der Waals surface area (Å²) in [5.74, 6) is -0.534. The number of aryl methyl sites for hydroxylation is 2. The first-order chi connectivity index (χ1) is 11.0. The molecule has 1 heterocycles. The van der Waals surface area contributed by atoms with Gasteiger partial charge in [0, 0.05) is 24.0 Å². The molecule has 23 heavy (non-hydrogen) atoms. The average Bonchev–Trinajstić information content (AvgIpc) is 2.56. The SMILES string of the molecule is CCCNC(=O)c1cc(C(=O)Nc2ccc(C)c(C)c2)ccn1. The second-order valence-electron chi connectivity index (χ2n) is 5.44. The molecule has 0 atom stereocenters. The van der Waals surface area contributed by atoms with Crippen LogP contribution in [0.1, 0.15) is 45.3 Å². The highest BCUT2D eigenvalue weighted by Crippen LogP contribution is 2.15. The van der Waals surface area contributed by atoms with Gasteiger partial charge in [0.2, 0.25) is 0 Å². The first-order valence-corrected chi connectivity index (χ1v) is 7.64. The number of amides is 2. The van der Waals surface area contributed by atoms with E-state index in [9.17, 15) is 9.59 Å². The van der Waals surface area contributed by atoms with Gasteiger partial charge in [0.15, 0.2) is 0 Å². The van der Waals surface area contributed by atoms with Crippen LogP contribution in [-0.2, 0) is 0 Å². The number of rotatable bonds is 5. The number of hydrogen-bond donors (Lipinski definition) is 2. The Kier molecular flexibility index (Phi) is 5.46. The molecule has 0 radical (unpaired) electrons. The van der Waals surface area contributed by atoms with Crippen molar-refractivity contribution in [3.05, 3.63) is 58.9 Å². The van der Waals surface area contributed by atoms with Crippen LogP contribution in [0.5, 0.6) is 0 Å². The molecule has 0 aliphatic rings. The van der Waals surface area contributed by atoms with E-state index >= 15 is 0 Å². The highest BCUT2D eigenvalue weighted by molar-refractivity contribution is 6.05. The van der Waals surface area contributed by atoms with E-state index in [1.807, 2.05) is 39.0 Å². The molecule has 0 aliphatic heterocycles. The number of pyridine rings is 1. The topological polar surface area (TPSA) is 71.1 Å². The van der Waals surface area contributed by atoms with Gasteiger partial charge in [-0.05, 0) is 55.7 Å². The van der Waals surface area contributed by atoms with E-state index in [4.69, 9.17) is 0 Å². The maximum atomic E-state index is 12.3. The molecule has 5 nitrogen and oxygen atoms in total. The summed E-state index contributed by atoms with van der Waals surface area (Å²) < 4.78 is 0. The molecule has 0 spiro atoms. The van der Waals surface area contributed by atoms with Crippen LogP contribution in [0.3, 0.4) is 0 Å². The van der Waals surface area contributed by atoms with Gasteiger partial charge in [-0.15, -0.1) is 0 Å². The van der Waals surface area contributed by atoms with Crippen LogP contribution in [0.25, 0.3) is 0 Å². The lowest BCUT2D eigenvalue weighted by atomic mass is 10.1. The fraction of sp³-hybridized carbons (Fsp3) is 0.278. The zero-order valence-corrected chi connectivity index (χ0v) is 13.6. The van der Waals surface area contributed by atoms with Gasteiger partial charge in [-0.2, -0.15) is 0 Å². The van der Waals surface area contributed by atoms with Gasteiger partial charge < -0.3 is 10.6 Å². The second-order valence-corrected chi connectivity index (χ2v) is 5.44. The minimum atomic E-state index is -0.271. The third-order valence-corrected chi connectivity index (χ3v) is 3.56. The van der Waals surface area contributed by atoms with Gasteiger partial charge in [0.25, 0.3) is 11.8 Å². The summed E-state index contributed by atoms with van der Waals surface area (Å²) in [6, 6.07) is 8.83. The summed E-state index contributed by atoms with van der Waals surface area (Å²) in [5, 5.41) is 5.58. The lowest BCUT2D eigenvalue weighted by Crippen LogP contribution is -2.25. The molecule has 0 unspecified atom stereocenters. The van der Waals surface area contributed by atoms with Crippen molar-refractivity contribution < 1.29 is 9.59 Å². The molecule has 0 saturated heterocycles. The van der Waals surface area contributed by atoms with Crippen molar-refractivity contribution in [1.82, 2.24) is 10.3 Å². The Labute approximate surface area is 136 Å². The molecule has 120 valence electrons. The standard InChI is InChI=1S/C18H21N3O2/c1-4-8-20-18(23)16-11-14(7-9-19-16)17(22)21-15-6-5-12(2)13(3)10-15/h5-7,9-11H,4,8H2,1-3H3,(H,20,23)(H,21,22). The van der Waals surface area contributed by atoms with Crippen LogP contribution in [0.4, 0.5) is 5.69 Å². The number of anilines is 1. The van der Waals surface area contributed by atoms with Crippen LogP contribution in [0.2, 0.25) is 0 Å². The first-order valence-electron chi connectivity index (χ1n) is 7.64. The molecule has 5 heteroatoms. The molecular weight excluding hydrogens is 290 g/mol. The van der Waals surface area contributed by atoms with Gasteiger partial charge >= 0.3 is 0 Å². The molecule has 2 aromatic rings. The minimum absolute atomic E-state index is 0.242. The van der Waals surface area contributed by atoms with E-state index in [1.165, 1.54) is 17.8 Å². The molecular formula is C18H21N3O2. The van der Waals surface area contributed by atoms with Crippen molar-refractivity contribution in [2.75, 3.05) is 11.9 Å². The van der Waals surface area contributed by atoms with Crippen LogP contribution < -0.4 is 10.6 Å². The fourth-order valence-corrected chi connectivity index (χ4v) is 2.05. The smallest absolute Gasteiger partial charge is 0.269 e. The van der Waals surface area contributed by atoms with Crippen LogP contribution >= 0.6 is 0 Å². The molecule has 0 aliphatic carbocycles. The van der Waals surface area contributed by atoms with Crippen molar-refractivity contribution in [3.8, 4) is 0 Å². The normalized spacial score (nSPS) is 10.2. The first kappa shape index (κ1) is 16.7. The summed E-state index contributed by atoms with van der Waals surface area (Å²) >= 11 is 0. The highest BCUT2D eigenvalue weighted by Gasteiger charge is 2.12. The van der Waals surface area contributed by atoms with E-state index in [-0.39, 0.29) is 17.5 Å². The molecule has 1 aromatic heterocycles. The van der Waals surface area contributed by atoms with Crippen molar-refractivity contribution in [1.29, 1.82) is 0 Å². The third kappa shape index (κ3) is 4.39. The number of carbonyl (C=O) groups is 2. The van der Waals surface area contributed by atoms with Gasteiger partial charge in [-0.3, -0.25) is 14.6 Å². The minimum Gasteiger partial charge on any atom is -0.351 e. The van der Waals surface area contributed by atoms with E-state index in [2.05, 4.69) is 15.6 Å². The van der Waals surface area contributed by atoms with Crippen LogP contribution in [-0.4, -0.2) is 23.3 Å². The van der Waals surface area contributed by atoms with Crippen LogP contribution in [0.15, 0.2) is 36.5 Å². The summed E-state index contributed by atoms with van der Waals surface area (Å²) in [6.45, 7) is 6.57. The number of carbonyl (C=O) groups excluding carboxylic acids is 2. The maximum Gasteiger partial charge on any atom is 0.269 e. The van der Waals surface area contributed by atoms with Gasteiger partial charge in [0.1, 0.15) is 5.69 Å². The lowest BCUT2D eigenvalue weighted by Gasteiger charge is -2.08. The molecule has 0 bridgehead atoms. The Hall–Kier alpha value is -2.69. The fourth-order valence-electron chi connectivity index (χ4n) is 2.05. The predicted octanol–water partition coefficient (Wildman–Crippen LogP) is 3.09. The van der Waals surface area contributed by atoms with Gasteiger partial charge in [0.05, 0.1) is 0 Å². The largest absolute Gasteiger partial charge is 0.351 e. The molecule has 1 aromatic carbocycles. The average molecular weight is 311 g/mol. The van der Waals surface area contributed by atoms with Crippen molar-refractivity contribution in [2.45, 2.75) is 27.2 Å². The quantitative estimate of drug-likeness (QED) is 0.891. The Morgan fingerprint density at radius 3 is 2.52 bits per heavy atom. The van der Waals surface area contributed by atoms with Crippen molar-refractivity contribution in [2.24, 2.45) is 0 Å². The predicted molar refractivity (Wildman–Crippen MR) is 90.7 cm³/mol. The maximum absolute atomic E-state index is 12.3. The number of benzene rings is 1. The molecule has 2 rings (SSSR count). The Morgan fingerprint density at radius 2 is 1.83 bits per heavy atom. The summed E-state index contributed by atoms with van der Waals surface area (Å²) in [5.41, 5.74) is 3.65. The zero-order valence-electron chi connectivity index (χ0n) is 13.6. The highest BCUT2D eigenvalue weighted by atomic mass is 16.2.